The lowest BCUT2D eigenvalue weighted by Gasteiger charge is -2.07. The summed E-state index contributed by atoms with van der Waals surface area (Å²) in [5, 5.41) is 7.09. The number of fused-ring (bicyclic) bond motifs is 3. The summed E-state index contributed by atoms with van der Waals surface area (Å²) in [5.41, 5.74) is 5.01. The van der Waals surface area contributed by atoms with E-state index < -0.39 is 0 Å². The molecule has 0 amide bonds. The fraction of sp³-hybridized carbons (Fsp3) is 0.0435. The zero-order valence-corrected chi connectivity index (χ0v) is 14.8. The maximum Gasteiger partial charge on any atom is 0.119 e. The zero-order chi connectivity index (χ0) is 18.2. The molecule has 2 aromatic heterocycles. The van der Waals surface area contributed by atoms with Gasteiger partial charge in [0.15, 0.2) is 0 Å². The van der Waals surface area contributed by atoms with Gasteiger partial charge in [-0.05, 0) is 30.3 Å². The number of ether oxygens (including phenoxy) is 1. The molecule has 27 heavy (non-hydrogen) atoms. The van der Waals surface area contributed by atoms with Gasteiger partial charge in [-0.1, -0.05) is 48.5 Å². The van der Waals surface area contributed by atoms with E-state index in [9.17, 15) is 0 Å². The van der Waals surface area contributed by atoms with Crippen LogP contribution in [0.25, 0.3) is 38.8 Å². The molecule has 0 atom stereocenters. The minimum Gasteiger partial charge on any atom is -0.497 e. The van der Waals surface area contributed by atoms with Crippen LogP contribution in [-0.4, -0.2) is 21.9 Å². The second kappa shape index (κ2) is 6.25. The van der Waals surface area contributed by atoms with Crippen molar-refractivity contribution in [2.24, 2.45) is 0 Å². The predicted molar refractivity (Wildman–Crippen MR) is 108 cm³/mol. The minimum atomic E-state index is 0.824. The van der Waals surface area contributed by atoms with Gasteiger partial charge in [0.25, 0.3) is 0 Å². The largest absolute Gasteiger partial charge is 0.497 e. The summed E-state index contributed by atoms with van der Waals surface area (Å²) in [5.74, 6) is 0.824. The van der Waals surface area contributed by atoms with Crippen molar-refractivity contribution in [2.45, 2.75) is 0 Å². The second-order valence-electron chi connectivity index (χ2n) is 6.36. The molecule has 0 N–H and O–H groups in total. The fourth-order valence-electron chi connectivity index (χ4n) is 3.45. The molecule has 0 spiro atoms. The van der Waals surface area contributed by atoms with E-state index in [1.54, 1.807) is 7.11 Å². The highest BCUT2D eigenvalue weighted by atomic mass is 16.5. The molecule has 5 rings (SSSR count). The Kier molecular flexibility index (Phi) is 3.61. The quantitative estimate of drug-likeness (QED) is 0.446. The average Bonchev–Trinajstić information content (AvgIpc) is 3.15. The van der Waals surface area contributed by atoms with E-state index >= 15 is 0 Å². The molecule has 5 aromatic rings. The first-order chi connectivity index (χ1) is 13.3. The standard InChI is InChI=1S/C23H17N3O/c1-27-18-13-11-17(12-14-18)26-23-19-9-5-6-10-21(19)24-15-20(23)22(25-26)16-7-3-2-4-8-16/h2-15H,1H3. The number of para-hydroxylation sites is 1. The van der Waals surface area contributed by atoms with E-state index in [4.69, 9.17) is 9.84 Å². The van der Waals surface area contributed by atoms with Gasteiger partial charge in [0.1, 0.15) is 11.4 Å². The molecule has 0 saturated carbocycles. The molecule has 0 aliphatic carbocycles. The normalized spacial score (nSPS) is 11.1. The second-order valence-corrected chi connectivity index (χ2v) is 6.36. The Labute approximate surface area is 156 Å². The summed E-state index contributed by atoms with van der Waals surface area (Å²) in [4.78, 5) is 4.66. The number of benzene rings is 3. The van der Waals surface area contributed by atoms with Crippen LogP contribution in [0.2, 0.25) is 0 Å². The van der Waals surface area contributed by atoms with Crippen LogP contribution in [0.4, 0.5) is 0 Å². The summed E-state index contributed by atoms with van der Waals surface area (Å²) in [6.45, 7) is 0. The summed E-state index contributed by atoms with van der Waals surface area (Å²) < 4.78 is 7.30. The molecule has 0 unspecified atom stereocenters. The van der Waals surface area contributed by atoms with Gasteiger partial charge in [0, 0.05) is 22.5 Å². The van der Waals surface area contributed by atoms with E-state index in [1.807, 2.05) is 71.5 Å². The Hall–Kier alpha value is -3.66. The molecule has 0 fully saturated rings. The van der Waals surface area contributed by atoms with E-state index in [1.165, 1.54) is 0 Å². The van der Waals surface area contributed by atoms with Crippen LogP contribution in [0.1, 0.15) is 0 Å². The molecule has 130 valence electrons. The molecule has 0 saturated heterocycles. The van der Waals surface area contributed by atoms with Crippen LogP contribution in [0.5, 0.6) is 5.75 Å². The van der Waals surface area contributed by atoms with Crippen LogP contribution < -0.4 is 4.74 Å². The van der Waals surface area contributed by atoms with E-state index in [0.29, 0.717) is 0 Å². The van der Waals surface area contributed by atoms with Gasteiger partial charge >= 0.3 is 0 Å². The number of aromatic nitrogens is 3. The molecule has 3 aromatic carbocycles. The summed E-state index contributed by atoms with van der Waals surface area (Å²) in [7, 11) is 1.67. The first-order valence-corrected chi connectivity index (χ1v) is 8.81. The highest BCUT2D eigenvalue weighted by Gasteiger charge is 2.16. The van der Waals surface area contributed by atoms with Crippen molar-refractivity contribution in [1.82, 2.24) is 14.8 Å². The number of rotatable bonds is 3. The first kappa shape index (κ1) is 15.6. The number of pyridine rings is 1. The SMILES string of the molecule is COc1ccc(-n2nc(-c3ccccc3)c3cnc4ccccc4c32)cc1. The maximum atomic E-state index is 5.30. The van der Waals surface area contributed by atoms with Gasteiger partial charge in [0.2, 0.25) is 0 Å². The van der Waals surface area contributed by atoms with Gasteiger partial charge in [-0.3, -0.25) is 4.98 Å². The zero-order valence-electron chi connectivity index (χ0n) is 14.8. The third-order valence-corrected chi connectivity index (χ3v) is 4.78. The average molecular weight is 351 g/mol. The molecule has 2 heterocycles. The number of hydrogen-bond acceptors (Lipinski definition) is 3. The Balaban J connectivity index is 1.86. The Morgan fingerprint density at radius 3 is 2.30 bits per heavy atom. The van der Waals surface area contributed by atoms with Gasteiger partial charge in [-0.2, -0.15) is 5.10 Å². The number of methoxy groups -OCH3 is 1. The highest BCUT2D eigenvalue weighted by molar-refractivity contribution is 6.08. The van der Waals surface area contributed by atoms with Crippen LogP contribution in [0.15, 0.2) is 85.1 Å². The summed E-state index contributed by atoms with van der Waals surface area (Å²) >= 11 is 0. The molecule has 4 nitrogen and oxygen atoms in total. The number of hydrogen-bond donors (Lipinski definition) is 0. The maximum absolute atomic E-state index is 5.30. The highest BCUT2D eigenvalue weighted by Crippen LogP contribution is 2.33. The van der Waals surface area contributed by atoms with Gasteiger partial charge in [-0.25, -0.2) is 4.68 Å². The predicted octanol–water partition coefficient (Wildman–Crippen LogP) is 5.25. The number of nitrogens with zero attached hydrogens (tertiary/aromatic N) is 3. The Bertz CT molecular complexity index is 1240. The molecular formula is C23H17N3O. The first-order valence-electron chi connectivity index (χ1n) is 8.81. The molecule has 4 heteroatoms. The summed E-state index contributed by atoms with van der Waals surface area (Å²) in [6.07, 6.45) is 1.92. The lowest BCUT2D eigenvalue weighted by Crippen LogP contribution is -1.97. The Morgan fingerprint density at radius 2 is 1.52 bits per heavy atom. The van der Waals surface area contributed by atoms with Crippen LogP contribution in [-0.2, 0) is 0 Å². The van der Waals surface area contributed by atoms with Crippen molar-refractivity contribution < 1.29 is 4.74 Å². The van der Waals surface area contributed by atoms with Crippen molar-refractivity contribution in [3.8, 4) is 22.7 Å². The van der Waals surface area contributed by atoms with Crippen molar-refractivity contribution in [2.75, 3.05) is 7.11 Å². The minimum absolute atomic E-state index is 0.824. The van der Waals surface area contributed by atoms with E-state index in [0.717, 1.165) is 44.5 Å². The lowest BCUT2D eigenvalue weighted by molar-refractivity contribution is 0.414. The lowest BCUT2D eigenvalue weighted by atomic mass is 10.1. The topological polar surface area (TPSA) is 39.9 Å². The van der Waals surface area contributed by atoms with Crippen LogP contribution in [0.3, 0.4) is 0 Å². The molecule has 0 radical (unpaired) electrons. The van der Waals surface area contributed by atoms with Gasteiger partial charge in [-0.15, -0.1) is 0 Å². The molecule has 0 aliphatic heterocycles. The van der Waals surface area contributed by atoms with Crippen LogP contribution >= 0.6 is 0 Å². The van der Waals surface area contributed by atoms with Crippen molar-refractivity contribution in [3.05, 3.63) is 85.1 Å². The van der Waals surface area contributed by atoms with Crippen molar-refractivity contribution in [3.63, 3.8) is 0 Å². The van der Waals surface area contributed by atoms with Gasteiger partial charge in [0.05, 0.1) is 23.8 Å². The molecular weight excluding hydrogens is 334 g/mol. The van der Waals surface area contributed by atoms with Crippen LogP contribution in [0, 0.1) is 0 Å². The molecule has 0 bridgehead atoms. The third kappa shape index (κ3) is 2.54. The smallest absolute Gasteiger partial charge is 0.119 e. The van der Waals surface area contributed by atoms with Gasteiger partial charge < -0.3 is 4.74 Å². The van der Waals surface area contributed by atoms with Crippen molar-refractivity contribution in [1.29, 1.82) is 0 Å². The molecule has 0 aliphatic rings. The third-order valence-electron chi connectivity index (χ3n) is 4.78. The van der Waals surface area contributed by atoms with E-state index in [-0.39, 0.29) is 0 Å². The van der Waals surface area contributed by atoms with E-state index in [2.05, 4.69) is 23.2 Å². The van der Waals surface area contributed by atoms with Crippen molar-refractivity contribution >= 4 is 21.8 Å². The monoisotopic (exact) mass is 351 g/mol. The fourth-order valence-corrected chi connectivity index (χ4v) is 3.45. The summed E-state index contributed by atoms with van der Waals surface area (Å²) in [6, 6.07) is 26.4. The Morgan fingerprint density at radius 1 is 0.778 bits per heavy atom.